The van der Waals surface area contributed by atoms with Crippen LogP contribution in [0.15, 0.2) is 54.7 Å². The van der Waals surface area contributed by atoms with Gasteiger partial charge in [0.1, 0.15) is 5.82 Å². The maximum absolute atomic E-state index is 5.90. The molecule has 0 radical (unpaired) electrons. The number of nitrogens with zero attached hydrogens (tertiary/aromatic N) is 2. The van der Waals surface area contributed by atoms with Crippen molar-refractivity contribution in [1.82, 2.24) is 9.97 Å². The molecule has 0 aliphatic heterocycles. The van der Waals surface area contributed by atoms with Crippen LogP contribution in [0.25, 0.3) is 0 Å². The van der Waals surface area contributed by atoms with E-state index in [9.17, 15) is 0 Å². The Morgan fingerprint density at radius 3 is 2.60 bits per heavy atom. The summed E-state index contributed by atoms with van der Waals surface area (Å²) in [6.07, 6.45) is 2.64. The van der Waals surface area contributed by atoms with Crippen molar-refractivity contribution in [2.24, 2.45) is 0 Å². The van der Waals surface area contributed by atoms with Gasteiger partial charge in [0.05, 0.1) is 0 Å². The van der Waals surface area contributed by atoms with Gasteiger partial charge >= 0.3 is 0 Å². The molecule has 0 bridgehead atoms. The molecule has 0 atom stereocenters. The van der Waals surface area contributed by atoms with Crippen LogP contribution in [0.1, 0.15) is 16.7 Å². The predicted octanol–water partition coefficient (Wildman–Crippen LogP) is 5.15. The Balaban J connectivity index is 1.61. The summed E-state index contributed by atoms with van der Waals surface area (Å²) in [5.74, 6) is 1.39. The van der Waals surface area contributed by atoms with Gasteiger partial charge in [-0.1, -0.05) is 35.9 Å². The molecule has 1 aromatic heterocycles. The highest BCUT2D eigenvalue weighted by atomic mass is 35.5. The first-order chi connectivity index (χ1) is 12.1. The third-order valence-electron chi connectivity index (χ3n) is 3.92. The summed E-state index contributed by atoms with van der Waals surface area (Å²) in [5.41, 5.74) is 4.68. The summed E-state index contributed by atoms with van der Waals surface area (Å²) in [6, 6.07) is 16.1. The quantitative estimate of drug-likeness (QED) is 0.644. The molecule has 0 fully saturated rings. The lowest BCUT2D eigenvalue weighted by atomic mass is 10.1. The van der Waals surface area contributed by atoms with Crippen LogP contribution in [-0.2, 0) is 6.42 Å². The molecule has 5 heteroatoms. The van der Waals surface area contributed by atoms with E-state index in [1.807, 2.05) is 30.3 Å². The zero-order valence-electron chi connectivity index (χ0n) is 14.4. The van der Waals surface area contributed by atoms with Crippen LogP contribution in [0.3, 0.4) is 0 Å². The molecule has 3 rings (SSSR count). The van der Waals surface area contributed by atoms with Crippen LogP contribution in [0.4, 0.5) is 17.5 Å². The van der Waals surface area contributed by atoms with Crippen molar-refractivity contribution in [2.45, 2.75) is 20.3 Å². The molecular weight excluding hydrogens is 332 g/mol. The van der Waals surface area contributed by atoms with Gasteiger partial charge in [0.25, 0.3) is 0 Å². The number of aryl methyl sites for hydroxylation is 2. The second-order valence-corrected chi connectivity index (χ2v) is 6.45. The van der Waals surface area contributed by atoms with Gasteiger partial charge in [0, 0.05) is 23.5 Å². The summed E-state index contributed by atoms with van der Waals surface area (Å²) in [5, 5.41) is 7.38. The van der Waals surface area contributed by atoms with Crippen molar-refractivity contribution in [3.05, 3.63) is 76.4 Å². The van der Waals surface area contributed by atoms with Gasteiger partial charge in [0.15, 0.2) is 0 Å². The largest absolute Gasteiger partial charge is 0.354 e. The fourth-order valence-corrected chi connectivity index (χ4v) is 2.62. The summed E-state index contributed by atoms with van der Waals surface area (Å²) in [7, 11) is 0. The molecule has 4 nitrogen and oxygen atoms in total. The van der Waals surface area contributed by atoms with E-state index >= 15 is 0 Å². The van der Waals surface area contributed by atoms with E-state index in [2.05, 4.69) is 52.6 Å². The molecule has 2 N–H and O–H groups in total. The number of benzene rings is 2. The van der Waals surface area contributed by atoms with Gasteiger partial charge in [-0.2, -0.15) is 4.98 Å². The number of hydrogen-bond acceptors (Lipinski definition) is 4. The Labute approximate surface area is 153 Å². The van der Waals surface area contributed by atoms with Crippen LogP contribution in [0, 0.1) is 13.8 Å². The molecule has 1 heterocycles. The highest BCUT2D eigenvalue weighted by Crippen LogP contribution is 2.21. The van der Waals surface area contributed by atoms with Crippen LogP contribution in [0.5, 0.6) is 0 Å². The second-order valence-electron chi connectivity index (χ2n) is 6.01. The molecule has 0 aliphatic rings. The first-order valence-electron chi connectivity index (χ1n) is 8.26. The summed E-state index contributed by atoms with van der Waals surface area (Å²) < 4.78 is 0. The van der Waals surface area contributed by atoms with Crippen molar-refractivity contribution in [3.63, 3.8) is 0 Å². The Morgan fingerprint density at radius 2 is 1.80 bits per heavy atom. The third-order valence-corrected chi connectivity index (χ3v) is 4.17. The first-order valence-corrected chi connectivity index (χ1v) is 8.63. The molecule has 0 unspecified atom stereocenters. The lowest BCUT2D eigenvalue weighted by Crippen LogP contribution is -2.08. The molecule has 0 amide bonds. The zero-order valence-corrected chi connectivity index (χ0v) is 15.1. The van der Waals surface area contributed by atoms with E-state index in [1.165, 1.54) is 16.7 Å². The Bertz CT molecular complexity index is 847. The van der Waals surface area contributed by atoms with Crippen molar-refractivity contribution in [3.8, 4) is 0 Å². The Hall–Kier alpha value is -2.59. The fourth-order valence-electron chi connectivity index (χ4n) is 2.49. The number of hydrogen-bond donors (Lipinski definition) is 2. The van der Waals surface area contributed by atoms with Crippen LogP contribution >= 0.6 is 11.6 Å². The summed E-state index contributed by atoms with van der Waals surface area (Å²) in [6.45, 7) is 4.91. The number of rotatable bonds is 6. The molecular formula is C20H21ClN4. The monoisotopic (exact) mass is 352 g/mol. The highest BCUT2D eigenvalue weighted by molar-refractivity contribution is 6.30. The number of halogens is 1. The normalized spacial score (nSPS) is 10.5. The van der Waals surface area contributed by atoms with Gasteiger partial charge in [-0.05, 0) is 61.2 Å². The first kappa shape index (κ1) is 17.2. The van der Waals surface area contributed by atoms with Crippen LogP contribution in [0.2, 0.25) is 5.02 Å². The van der Waals surface area contributed by atoms with E-state index in [4.69, 9.17) is 11.6 Å². The van der Waals surface area contributed by atoms with Gasteiger partial charge < -0.3 is 10.6 Å². The highest BCUT2D eigenvalue weighted by Gasteiger charge is 2.03. The predicted molar refractivity (Wildman–Crippen MR) is 105 cm³/mol. The minimum absolute atomic E-state index is 0.615. The molecule has 2 aromatic carbocycles. The van der Waals surface area contributed by atoms with Crippen molar-refractivity contribution < 1.29 is 0 Å². The Kier molecular flexibility index (Phi) is 5.51. The second kappa shape index (κ2) is 7.99. The van der Waals surface area contributed by atoms with Gasteiger partial charge in [-0.3, -0.25) is 0 Å². The lowest BCUT2D eigenvalue weighted by molar-refractivity contribution is 0.985. The van der Waals surface area contributed by atoms with E-state index in [0.717, 1.165) is 29.5 Å². The fraction of sp³-hybridized carbons (Fsp3) is 0.200. The number of nitrogens with one attached hydrogen (secondary N) is 2. The van der Waals surface area contributed by atoms with Crippen LogP contribution in [-0.4, -0.2) is 16.5 Å². The summed E-state index contributed by atoms with van der Waals surface area (Å²) >= 11 is 5.90. The summed E-state index contributed by atoms with van der Waals surface area (Å²) in [4.78, 5) is 8.81. The van der Waals surface area contributed by atoms with E-state index < -0.39 is 0 Å². The van der Waals surface area contributed by atoms with E-state index in [0.29, 0.717) is 5.95 Å². The minimum Gasteiger partial charge on any atom is -0.354 e. The third kappa shape index (κ3) is 4.94. The molecule has 25 heavy (non-hydrogen) atoms. The molecule has 3 aromatic rings. The maximum Gasteiger partial charge on any atom is 0.224 e. The zero-order chi connectivity index (χ0) is 17.6. The molecule has 128 valence electrons. The Morgan fingerprint density at radius 1 is 1.00 bits per heavy atom. The smallest absolute Gasteiger partial charge is 0.224 e. The van der Waals surface area contributed by atoms with Gasteiger partial charge in [-0.15, -0.1) is 0 Å². The standard InChI is InChI=1S/C20H21ClN4/c1-14-3-4-15(2)18(13-14)24-19-10-12-23-20(25-19)22-11-9-16-5-7-17(21)8-6-16/h3-8,10,12-13H,9,11H2,1-2H3,(H2,22,23,24,25). The topological polar surface area (TPSA) is 49.8 Å². The average molecular weight is 353 g/mol. The average Bonchev–Trinajstić information content (AvgIpc) is 2.60. The molecule has 0 spiro atoms. The van der Waals surface area contributed by atoms with Crippen molar-refractivity contribution >= 4 is 29.1 Å². The number of aromatic nitrogens is 2. The molecule has 0 saturated carbocycles. The van der Waals surface area contributed by atoms with Gasteiger partial charge in [-0.25, -0.2) is 4.98 Å². The van der Waals surface area contributed by atoms with Crippen molar-refractivity contribution in [1.29, 1.82) is 0 Å². The molecule has 0 saturated heterocycles. The SMILES string of the molecule is Cc1ccc(C)c(Nc2ccnc(NCCc3ccc(Cl)cc3)n2)c1. The lowest BCUT2D eigenvalue weighted by Gasteiger charge is -2.11. The van der Waals surface area contributed by atoms with E-state index in [-0.39, 0.29) is 0 Å². The van der Waals surface area contributed by atoms with Gasteiger partial charge in [0.2, 0.25) is 5.95 Å². The number of anilines is 3. The van der Waals surface area contributed by atoms with Crippen molar-refractivity contribution in [2.75, 3.05) is 17.2 Å². The molecule has 0 aliphatic carbocycles. The minimum atomic E-state index is 0.615. The van der Waals surface area contributed by atoms with E-state index in [1.54, 1.807) is 6.20 Å². The van der Waals surface area contributed by atoms with Crippen LogP contribution < -0.4 is 10.6 Å². The maximum atomic E-state index is 5.90.